The van der Waals surface area contributed by atoms with Crippen LogP contribution < -0.4 is 5.32 Å². The minimum atomic E-state index is -0.245. The van der Waals surface area contributed by atoms with Gasteiger partial charge in [0.25, 0.3) is 5.91 Å². The van der Waals surface area contributed by atoms with Gasteiger partial charge in [-0.2, -0.15) is 0 Å². The molecule has 88 valence electrons. The molecule has 2 rings (SSSR count). The highest BCUT2D eigenvalue weighted by atomic mass is 35.5. The van der Waals surface area contributed by atoms with Gasteiger partial charge < -0.3 is 9.73 Å². The van der Waals surface area contributed by atoms with Gasteiger partial charge in [-0.3, -0.25) is 9.78 Å². The molecule has 0 radical (unpaired) electrons. The van der Waals surface area contributed by atoms with Gasteiger partial charge in [-0.1, -0.05) is 18.5 Å². The predicted molar refractivity (Wildman–Crippen MR) is 65.3 cm³/mol. The van der Waals surface area contributed by atoms with Crippen molar-refractivity contribution in [3.05, 3.63) is 47.1 Å². The summed E-state index contributed by atoms with van der Waals surface area (Å²) in [6.45, 7) is 1.92. The Balaban J connectivity index is 2.20. The van der Waals surface area contributed by atoms with E-state index in [2.05, 4.69) is 10.3 Å². The number of nitrogens with one attached hydrogen (secondary N) is 1. The van der Waals surface area contributed by atoms with Gasteiger partial charge in [-0.25, -0.2) is 0 Å². The quantitative estimate of drug-likeness (QED) is 0.910. The van der Waals surface area contributed by atoms with Crippen LogP contribution in [0.5, 0.6) is 0 Å². The lowest BCUT2D eigenvalue weighted by atomic mass is 10.2. The fraction of sp³-hybridized carbons (Fsp3) is 0.167. The number of halogens is 1. The molecule has 0 aliphatic carbocycles. The van der Waals surface area contributed by atoms with E-state index in [4.69, 9.17) is 16.0 Å². The first-order valence-electron chi connectivity index (χ1n) is 5.19. The number of rotatable bonds is 3. The Bertz CT molecular complexity index is 537. The topological polar surface area (TPSA) is 55.1 Å². The van der Waals surface area contributed by atoms with Crippen molar-refractivity contribution in [2.45, 2.75) is 13.3 Å². The number of furan rings is 1. The molecule has 0 saturated heterocycles. The molecule has 1 amide bonds. The number of pyridine rings is 1. The molecule has 0 aliphatic heterocycles. The van der Waals surface area contributed by atoms with Crippen LogP contribution in [0.1, 0.15) is 23.0 Å². The molecule has 2 heterocycles. The van der Waals surface area contributed by atoms with Gasteiger partial charge in [0.05, 0.1) is 28.7 Å². The van der Waals surface area contributed by atoms with Crippen LogP contribution in [0.2, 0.25) is 5.02 Å². The number of aryl methyl sites for hydroxylation is 1. The maximum absolute atomic E-state index is 11.9. The summed E-state index contributed by atoms with van der Waals surface area (Å²) in [5, 5.41) is 3.15. The number of carbonyl (C=O) groups excluding carboxylic acids is 1. The Hall–Kier alpha value is -1.81. The van der Waals surface area contributed by atoms with Crippen LogP contribution in [-0.2, 0) is 6.42 Å². The summed E-state index contributed by atoms with van der Waals surface area (Å²) in [7, 11) is 0. The number of hydrogen-bond donors (Lipinski definition) is 1. The van der Waals surface area contributed by atoms with E-state index >= 15 is 0 Å². The number of hydrogen-bond acceptors (Lipinski definition) is 3. The standard InChI is InChI=1S/C12H11ClN2O2/c1-2-11-8(4-6-17-11)12(16)15-10-7-14-5-3-9(10)13/h3-7H,2H2,1H3,(H,15,16). The van der Waals surface area contributed by atoms with E-state index in [1.807, 2.05) is 6.92 Å². The molecule has 4 nitrogen and oxygen atoms in total. The van der Waals surface area contributed by atoms with Crippen LogP contribution in [0.4, 0.5) is 5.69 Å². The molecule has 17 heavy (non-hydrogen) atoms. The van der Waals surface area contributed by atoms with Gasteiger partial charge >= 0.3 is 0 Å². The first-order valence-corrected chi connectivity index (χ1v) is 5.57. The van der Waals surface area contributed by atoms with E-state index in [1.54, 1.807) is 18.3 Å². The van der Waals surface area contributed by atoms with E-state index in [0.29, 0.717) is 28.5 Å². The molecule has 2 aromatic heterocycles. The van der Waals surface area contributed by atoms with Gasteiger partial charge in [0.15, 0.2) is 0 Å². The summed E-state index contributed by atoms with van der Waals surface area (Å²) in [5.74, 6) is 0.410. The molecular weight excluding hydrogens is 240 g/mol. The summed E-state index contributed by atoms with van der Waals surface area (Å²) < 4.78 is 5.19. The summed E-state index contributed by atoms with van der Waals surface area (Å²) >= 11 is 5.93. The molecule has 2 aromatic rings. The second kappa shape index (κ2) is 5.01. The van der Waals surface area contributed by atoms with Crippen molar-refractivity contribution in [2.24, 2.45) is 0 Å². The highest BCUT2D eigenvalue weighted by Gasteiger charge is 2.14. The van der Waals surface area contributed by atoms with Gasteiger partial charge in [-0.05, 0) is 12.1 Å². The number of anilines is 1. The molecular formula is C12H11ClN2O2. The van der Waals surface area contributed by atoms with Crippen LogP contribution in [0.15, 0.2) is 35.2 Å². The molecule has 0 spiro atoms. The second-order valence-corrected chi connectivity index (χ2v) is 3.83. The number of carbonyl (C=O) groups is 1. The van der Waals surface area contributed by atoms with Crippen LogP contribution in [0.25, 0.3) is 0 Å². The SMILES string of the molecule is CCc1occc1C(=O)Nc1cnccc1Cl. The average molecular weight is 251 g/mol. The summed E-state index contributed by atoms with van der Waals surface area (Å²) in [6.07, 6.45) is 5.23. The highest BCUT2D eigenvalue weighted by molar-refractivity contribution is 6.33. The summed E-state index contributed by atoms with van der Waals surface area (Å²) in [6, 6.07) is 3.26. The Morgan fingerprint density at radius 2 is 2.35 bits per heavy atom. The molecule has 0 saturated carbocycles. The summed E-state index contributed by atoms with van der Waals surface area (Å²) in [5.41, 5.74) is 1.01. The highest BCUT2D eigenvalue weighted by Crippen LogP contribution is 2.21. The van der Waals surface area contributed by atoms with Gasteiger partial charge in [-0.15, -0.1) is 0 Å². The van der Waals surface area contributed by atoms with E-state index in [1.165, 1.54) is 12.5 Å². The first-order chi connectivity index (χ1) is 8.22. The van der Waals surface area contributed by atoms with Crippen molar-refractivity contribution < 1.29 is 9.21 Å². The van der Waals surface area contributed by atoms with Gasteiger partial charge in [0.2, 0.25) is 0 Å². The minimum Gasteiger partial charge on any atom is -0.469 e. The predicted octanol–water partition coefficient (Wildman–Crippen LogP) is 3.14. The molecule has 0 aromatic carbocycles. The van der Waals surface area contributed by atoms with Crippen LogP contribution in [0, 0.1) is 0 Å². The Morgan fingerprint density at radius 3 is 3.06 bits per heavy atom. The van der Waals surface area contributed by atoms with E-state index < -0.39 is 0 Å². The van der Waals surface area contributed by atoms with Crippen molar-refractivity contribution in [1.29, 1.82) is 0 Å². The van der Waals surface area contributed by atoms with Crippen molar-refractivity contribution in [2.75, 3.05) is 5.32 Å². The average Bonchev–Trinajstić information content (AvgIpc) is 2.80. The fourth-order valence-corrected chi connectivity index (χ4v) is 1.63. The molecule has 1 N–H and O–H groups in total. The largest absolute Gasteiger partial charge is 0.469 e. The smallest absolute Gasteiger partial charge is 0.259 e. The Kier molecular flexibility index (Phi) is 3.44. The zero-order valence-corrected chi connectivity index (χ0v) is 9.99. The van der Waals surface area contributed by atoms with Gasteiger partial charge in [0, 0.05) is 12.6 Å². The zero-order valence-electron chi connectivity index (χ0n) is 9.24. The lowest BCUT2D eigenvalue weighted by Crippen LogP contribution is -2.13. The first kappa shape index (κ1) is 11.7. The molecule has 0 bridgehead atoms. The van der Waals surface area contributed by atoms with Crippen molar-refractivity contribution >= 4 is 23.2 Å². The number of amides is 1. The molecule has 0 fully saturated rings. The summed E-state index contributed by atoms with van der Waals surface area (Å²) in [4.78, 5) is 15.8. The second-order valence-electron chi connectivity index (χ2n) is 3.42. The molecule has 0 aliphatic rings. The molecule has 5 heteroatoms. The third kappa shape index (κ3) is 2.47. The van der Waals surface area contributed by atoms with E-state index in [9.17, 15) is 4.79 Å². The number of nitrogens with zero attached hydrogens (tertiary/aromatic N) is 1. The fourth-order valence-electron chi connectivity index (χ4n) is 1.48. The van der Waals surface area contributed by atoms with Gasteiger partial charge in [0.1, 0.15) is 5.76 Å². The number of aromatic nitrogens is 1. The lowest BCUT2D eigenvalue weighted by Gasteiger charge is -2.05. The Morgan fingerprint density at radius 1 is 1.53 bits per heavy atom. The molecule has 0 unspecified atom stereocenters. The monoisotopic (exact) mass is 250 g/mol. The zero-order chi connectivity index (χ0) is 12.3. The van der Waals surface area contributed by atoms with E-state index in [-0.39, 0.29) is 5.91 Å². The van der Waals surface area contributed by atoms with Crippen molar-refractivity contribution in [3.63, 3.8) is 0 Å². The lowest BCUT2D eigenvalue weighted by molar-refractivity contribution is 0.102. The maximum Gasteiger partial charge on any atom is 0.259 e. The maximum atomic E-state index is 11.9. The van der Waals surface area contributed by atoms with Crippen LogP contribution in [-0.4, -0.2) is 10.9 Å². The Labute approximate surface area is 104 Å². The van der Waals surface area contributed by atoms with Crippen LogP contribution in [0.3, 0.4) is 0 Å². The van der Waals surface area contributed by atoms with E-state index in [0.717, 1.165) is 0 Å². The van der Waals surface area contributed by atoms with Crippen LogP contribution >= 0.6 is 11.6 Å². The minimum absolute atomic E-state index is 0.245. The molecule has 0 atom stereocenters. The third-order valence-electron chi connectivity index (χ3n) is 2.33. The van der Waals surface area contributed by atoms with Crippen molar-refractivity contribution in [3.8, 4) is 0 Å². The van der Waals surface area contributed by atoms with Crippen molar-refractivity contribution in [1.82, 2.24) is 4.98 Å². The third-order valence-corrected chi connectivity index (χ3v) is 2.66. The normalized spacial score (nSPS) is 10.2.